The minimum absolute atomic E-state index is 0.249. The van der Waals surface area contributed by atoms with Gasteiger partial charge >= 0.3 is 0 Å². The second-order valence-corrected chi connectivity index (χ2v) is 6.85. The van der Waals surface area contributed by atoms with Gasteiger partial charge < -0.3 is 19.7 Å². The summed E-state index contributed by atoms with van der Waals surface area (Å²) in [5.74, 6) is 0.917. The van der Waals surface area contributed by atoms with Crippen LogP contribution in [0.2, 0.25) is 0 Å². The van der Waals surface area contributed by atoms with Crippen LogP contribution in [0.3, 0.4) is 0 Å². The molecule has 1 aliphatic heterocycles. The Bertz CT molecular complexity index is 881. The molecule has 1 heterocycles. The first kappa shape index (κ1) is 19.9. The summed E-state index contributed by atoms with van der Waals surface area (Å²) in [6.07, 6.45) is 0. The van der Waals surface area contributed by atoms with Crippen LogP contribution in [0.15, 0.2) is 36.4 Å². The molecule has 0 aliphatic carbocycles. The SMILES string of the molecule is CCN(CC)c1ccc(NC(=S)NC(=O)c2ccc3c(c2)OCCO3)c(C)c1. The Morgan fingerprint density at radius 3 is 2.46 bits per heavy atom. The second kappa shape index (κ2) is 8.93. The van der Waals surface area contributed by atoms with Crippen molar-refractivity contribution >= 4 is 34.6 Å². The molecule has 1 amide bonds. The van der Waals surface area contributed by atoms with Gasteiger partial charge in [0.15, 0.2) is 16.6 Å². The highest BCUT2D eigenvalue weighted by Gasteiger charge is 2.16. The smallest absolute Gasteiger partial charge is 0.257 e. The van der Waals surface area contributed by atoms with Gasteiger partial charge in [0.25, 0.3) is 5.91 Å². The maximum atomic E-state index is 12.5. The number of amides is 1. The van der Waals surface area contributed by atoms with E-state index in [4.69, 9.17) is 21.7 Å². The molecule has 0 atom stereocenters. The number of hydrogen-bond donors (Lipinski definition) is 2. The maximum absolute atomic E-state index is 12.5. The van der Waals surface area contributed by atoms with E-state index in [1.807, 2.05) is 19.1 Å². The lowest BCUT2D eigenvalue weighted by Gasteiger charge is -2.22. The first-order valence-electron chi connectivity index (χ1n) is 9.39. The van der Waals surface area contributed by atoms with Crippen LogP contribution in [-0.4, -0.2) is 37.3 Å². The molecule has 7 heteroatoms. The van der Waals surface area contributed by atoms with Gasteiger partial charge in [-0.15, -0.1) is 0 Å². The topological polar surface area (TPSA) is 62.8 Å². The van der Waals surface area contributed by atoms with E-state index in [-0.39, 0.29) is 11.0 Å². The average molecular weight is 400 g/mol. The van der Waals surface area contributed by atoms with Crippen LogP contribution in [0.1, 0.15) is 29.8 Å². The molecule has 0 radical (unpaired) electrons. The van der Waals surface area contributed by atoms with Crippen molar-refractivity contribution in [2.75, 3.05) is 36.5 Å². The summed E-state index contributed by atoms with van der Waals surface area (Å²) >= 11 is 5.31. The minimum atomic E-state index is -0.299. The molecule has 0 bridgehead atoms. The predicted molar refractivity (Wildman–Crippen MR) is 116 cm³/mol. The molecule has 2 N–H and O–H groups in total. The van der Waals surface area contributed by atoms with Gasteiger partial charge in [0, 0.05) is 30.0 Å². The van der Waals surface area contributed by atoms with E-state index < -0.39 is 0 Å². The van der Waals surface area contributed by atoms with E-state index in [1.54, 1.807) is 18.2 Å². The summed E-state index contributed by atoms with van der Waals surface area (Å²) in [5, 5.41) is 6.06. The molecule has 28 heavy (non-hydrogen) atoms. The third-order valence-electron chi connectivity index (χ3n) is 4.62. The minimum Gasteiger partial charge on any atom is -0.486 e. The molecule has 3 rings (SSSR count). The summed E-state index contributed by atoms with van der Waals surface area (Å²) in [6.45, 7) is 9.17. The van der Waals surface area contributed by atoms with E-state index in [0.717, 1.165) is 24.3 Å². The van der Waals surface area contributed by atoms with Crippen molar-refractivity contribution in [1.82, 2.24) is 5.32 Å². The molecule has 0 unspecified atom stereocenters. The van der Waals surface area contributed by atoms with Gasteiger partial charge in [0.05, 0.1) is 0 Å². The van der Waals surface area contributed by atoms with Crippen molar-refractivity contribution in [3.8, 4) is 11.5 Å². The van der Waals surface area contributed by atoms with Crippen molar-refractivity contribution in [2.24, 2.45) is 0 Å². The van der Waals surface area contributed by atoms with Crippen LogP contribution in [0.5, 0.6) is 11.5 Å². The predicted octanol–water partition coefficient (Wildman–Crippen LogP) is 3.74. The number of carbonyl (C=O) groups is 1. The number of benzene rings is 2. The summed E-state index contributed by atoms with van der Waals surface area (Å²) < 4.78 is 11.0. The average Bonchev–Trinajstić information content (AvgIpc) is 2.70. The van der Waals surface area contributed by atoms with Crippen LogP contribution in [0.4, 0.5) is 11.4 Å². The zero-order chi connectivity index (χ0) is 20.1. The van der Waals surface area contributed by atoms with Crippen molar-refractivity contribution in [2.45, 2.75) is 20.8 Å². The molecule has 1 aliphatic rings. The van der Waals surface area contributed by atoms with Crippen LogP contribution >= 0.6 is 12.2 Å². The fourth-order valence-electron chi connectivity index (χ4n) is 3.09. The van der Waals surface area contributed by atoms with E-state index in [0.29, 0.717) is 30.3 Å². The number of ether oxygens (including phenoxy) is 2. The fraction of sp³-hybridized carbons (Fsp3) is 0.333. The zero-order valence-electron chi connectivity index (χ0n) is 16.4. The summed E-state index contributed by atoms with van der Waals surface area (Å²) in [6, 6.07) is 11.2. The molecule has 2 aromatic rings. The fourth-order valence-corrected chi connectivity index (χ4v) is 3.29. The number of aryl methyl sites for hydroxylation is 1. The number of nitrogens with zero attached hydrogens (tertiary/aromatic N) is 1. The Morgan fingerprint density at radius 2 is 1.79 bits per heavy atom. The Hall–Kier alpha value is -2.80. The third-order valence-corrected chi connectivity index (χ3v) is 4.82. The Labute approximate surface area is 170 Å². The number of hydrogen-bond acceptors (Lipinski definition) is 5. The quantitative estimate of drug-likeness (QED) is 0.747. The van der Waals surface area contributed by atoms with Crippen molar-refractivity contribution < 1.29 is 14.3 Å². The molecule has 148 valence electrons. The molecule has 0 saturated heterocycles. The summed E-state index contributed by atoms with van der Waals surface area (Å²) in [7, 11) is 0. The van der Waals surface area contributed by atoms with E-state index in [9.17, 15) is 4.79 Å². The number of fused-ring (bicyclic) bond motifs is 1. The standard InChI is InChI=1S/C21H25N3O3S/c1-4-24(5-2)16-7-8-17(14(3)12-16)22-21(28)23-20(25)15-6-9-18-19(13-15)27-11-10-26-18/h6-9,12-13H,4-5,10-11H2,1-3H3,(H2,22,23,25,28). The molecular weight excluding hydrogens is 374 g/mol. The van der Waals surface area contributed by atoms with Crippen molar-refractivity contribution in [3.05, 3.63) is 47.5 Å². The van der Waals surface area contributed by atoms with Crippen molar-refractivity contribution in [1.29, 1.82) is 0 Å². The normalized spacial score (nSPS) is 12.2. The number of thiocarbonyl (C=S) groups is 1. The molecule has 0 aromatic heterocycles. The van der Waals surface area contributed by atoms with Crippen molar-refractivity contribution in [3.63, 3.8) is 0 Å². The van der Waals surface area contributed by atoms with Gasteiger partial charge in [-0.1, -0.05) is 0 Å². The lowest BCUT2D eigenvalue weighted by molar-refractivity contribution is 0.0976. The first-order valence-corrected chi connectivity index (χ1v) is 9.80. The monoisotopic (exact) mass is 399 g/mol. The largest absolute Gasteiger partial charge is 0.486 e. The highest BCUT2D eigenvalue weighted by Crippen LogP contribution is 2.30. The van der Waals surface area contributed by atoms with Gasteiger partial charge in [-0.2, -0.15) is 0 Å². The third kappa shape index (κ3) is 4.54. The summed E-state index contributed by atoms with van der Waals surface area (Å²) in [5.41, 5.74) is 3.55. The zero-order valence-corrected chi connectivity index (χ0v) is 17.2. The lowest BCUT2D eigenvalue weighted by atomic mass is 10.1. The van der Waals surface area contributed by atoms with E-state index in [1.165, 1.54) is 5.69 Å². The van der Waals surface area contributed by atoms with Crippen LogP contribution in [0.25, 0.3) is 0 Å². The molecule has 2 aromatic carbocycles. The van der Waals surface area contributed by atoms with Gasteiger partial charge in [0.2, 0.25) is 0 Å². The maximum Gasteiger partial charge on any atom is 0.257 e. The van der Waals surface area contributed by atoms with Gasteiger partial charge in [-0.05, 0) is 75.0 Å². The van der Waals surface area contributed by atoms with E-state index >= 15 is 0 Å². The number of carbonyl (C=O) groups excluding carboxylic acids is 1. The van der Waals surface area contributed by atoms with Crippen LogP contribution in [-0.2, 0) is 0 Å². The van der Waals surface area contributed by atoms with Crippen LogP contribution in [0, 0.1) is 6.92 Å². The summed E-state index contributed by atoms with van der Waals surface area (Å²) in [4.78, 5) is 14.8. The molecule has 6 nitrogen and oxygen atoms in total. The molecule has 0 fully saturated rings. The molecule has 0 spiro atoms. The van der Waals surface area contributed by atoms with Crippen LogP contribution < -0.4 is 25.0 Å². The Kier molecular flexibility index (Phi) is 6.36. The van der Waals surface area contributed by atoms with Gasteiger partial charge in [-0.3, -0.25) is 10.1 Å². The van der Waals surface area contributed by atoms with Gasteiger partial charge in [-0.25, -0.2) is 0 Å². The molecule has 0 saturated carbocycles. The number of anilines is 2. The number of rotatable bonds is 5. The molecular formula is C21H25N3O3S. The second-order valence-electron chi connectivity index (χ2n) is 6.44. The lowest BCUT2D eigenvalue weighted by Crippen LogP contribution is -2.34. The Morgan fingerprint density at radius 1 is 1.07 bits per heavy atom. The van der Waals surface area contributed by atoms with Gasteiger partial charge in [0.1, 0.15) is 13.2 Å². The Balaban J connectivity index is 1.64. The number of nitrogens with one attached hydrogen (secondary N) is 2. The highest BCUT2D eigenvalue weighted by molar-refractivity contribution is 7.80. The van der Waals surface area contributed by atoms with E-state index in [2.05, 4.69) is 35.4 Å². The first-order chi connectivity index (χ1) is 13.5. The highest BCUT2D eigenvalue weighted by atomic mass is 32.1.